The van der Waals surface area contributed by atoms with Crippen LogP contribution in [0.1, 0.15) is 72.1 Å². The van der Waals surface area contributed by atoms with Crippen molar-refractivity contribution in [3.05, 3.63) is 24.2 Å². The molecular weight excluding hydrogens is 504 g/mol. The number of aromatic nitrogens is 3. The fourth-order valence-corrected chi connectivity index (χ4v) is 6.61. The number of anilines is 1. The normalized spacial score (nSPS) is 29.8. The first-order valence-electron chi connectivity index (χ1n) is 13.8. The Morgan fingerprint density at radius 3 is 2.51 bits per heavy atom. The number of carbonyl (C=O) groups is 2. The molecule has 4 fully saturated rings. The number of rotatable bonds is 2. The molecule has 2 amide bonds. The van der Waals surface area contributed by atoms with E-state index in [1.807, 2.05) is 51.7 Å². The molecule has 0 saturated carbocycles. The minimum Gasteiger partial charge on any atom is -0.444 e. The van der Waals surface area contributed by atoms with Crippen LogP contribution in [0.25, 0.3) is 5.52 Å². The van der Waals surface area contributed by atoms with E-state index >= 15 is 0 Å². The van der Waals surface area contributed by atoms with Crippen LogP contribution in [0.2, 0.25) is 0 Å². The van der Waals surface area contributed by atoms with Crippen LogP contribution in [-0.2, 0) is 23.7 Å². The van der Waals surface area contributed by atoms with Gasteiger partial charge in [-0.15, -0.1) is 0 Å². The quantitative estimate of drug-likeness (QED) is 0.608. The van der Waals surface area contributed by atoms with Crippen molar-refractivity contribution in [2.75, 3.05) is 25.4 Å². The summed E-state index contributed by atoms with van der Waals surface area (Å²) in [7, 11) is 0. The molecule has 2 N–H and O–H groups in total. The van der Waals surface area contributed by atoms with E-state index in [9.17, 15) is 9.59 Å². The van der Waals surface area contributed by atoms with E-state index in [1.54, 1.807) is 9.42 Å². The van der Waals surface area contributed by atoms with Gasteiger partial charge in [-0.2, -0.15) is 5.10 Å². The third-order valence-electron chi connectivity index (χ3n) is 8.31. The lowest BCUT2D eigenvalue weighted by Gasteiger charge is -2.45. The number of fused-ring (bicyclic) bond motifs is 2. The van der Waals surface area contributed by atoms with Crippen LogP contribution in [0.15, 0.2) is 18.5 Å². The van der Waals surface area contributed by atoms with E-state index in [4.69, 9.17) is 24.7 Å². The summed E-state index contributed by atoms with van der Waals surface area (Å²) in [5.74, 6) is -0.593. The minimum atomic E-state index is -0.863. The molecule has 4 aliphatic rings. The molecule has 0 radical (unpaired) electrons. The van der Waals surface area contributed by atoms with Crippen LogP contribution in [0.4, 0.5) is 10.6 Å². The van der Waals surface area contributed by atoms with Crippen molar-refractivity contribution in [3.63, 3.8) is 0 Å². The van der Waals surface area contributed by atoms with Crippen molar-refractivity contribution in [1.29, 1.82) is 0 Å². The van der Waals surface area contributed by atoms with Gasteiger partial charge in [0.1, 0.15) is 35.8 Å². The van der Waals surface area contributed by atoms with Crippen molar-refractivity contribution in [2.45, 2.75) is 102 Å². The average molecular weight is 543 g/mol. The summed E-state index contributed by atoms with van der Waals surface area (Å²) >= 11 is 0. The Morgan fingerprint density at radius 2 is 1.79 bits per heavy atom. The van der Waals surface area contributed by atoms with Gasteiger partial charge in [0, 0.05) is 25.2 Å². The van der Waals surface area contributed by atoms with Crippen LogP contribution in [0, 0.1) is 0 Å². The number of nitrogens with zero attached hydrogens (tertiary/aromatic N) is 5. The molecule has 0 aliphatic carbocycles. The maximum absolute atomic E-state index is 14.2. The maximum atomic E-state index is 14.2. The van der Waals surface area contributed by atoms with Gasteiger partial charge in [0.2, 0.25) is 0 Å². The van der Waals surface area contributed by atoms with Crippen LogP contribution < -0.4 is 5.73 Å². The number of nitrogen functional groups attached to an aromatic ring is 1. The molecule has 6 rings (SSSR count). The number of carbonyl (C=O) groups excluding carboxylic acids is 2. The highest BCUT2D eigenvalue weighted by Gasteiger charge is 2.60. The summed E-state index contributed by atoms with van der Waals surface area (Å²) in [5.41, 5.74) is 6.58. The van der Waals surface area contributed by atoms with Gasteiger partial charge in [0.05, 0.1) is 5.69 Å². The molecular formula is C27H38N6O6. The van der Waals surface area contributed by atoms with E-state index in [0.29, 0.717) is 43.8 Å². The van der Waals surface area contributed by atoms with Gasteiger partial charge in [-0.05, 0) is 72.4 Å². The molecule has 4 aliphatic heterocycles. The first kappa shape index (κ1) is 26.3. The van der Waals surface area contributed by atoms with Gasteiger partial charge in [0.25, 0.3) is 5.91 Å². The zero-order chi connectivity index (χ0) is 27.7. The summed E-state index contributed by atoms with van der Waals surface area (Å²) in [6.45, 7) is 11.0. The van der Waals surface area contributed by atoms with Crippen molar-refractivity contribution >= 4 is 23.3 Å². The number of nitrogens with two attached hydrogens (primary N) is 1. The number of ether oxygens (including phenoxy) is 4. The third kappa shape index (κ3) is 4.52. The second kappa shape index (κ2) is 9.03. The van der Waals surface area contributed by atoms with Gasteiger partial charge in [-0.3, -0.25) is 4.79 Å². The first-order valence-corrected chi connectivity index (χ1v) is 13.8. The third-order valence-corrected chi connectivity index (χ3v) is 8.31. The predicted octanol–water partition coefficient (Wildman–Crippen LogP) is 2.66. The highest BCUT2D eigenvalue weighted by molar-refractivity contribution is 5.83. The van der Waals surface area contributed by atoms with E-state index in [2.05, 4.69) is 10.1 Å². The topological polar surface area (TPSA) is 134 Å². The largest absolute Gasteiger partial charge is 0.444 e. The van der Waals surface area contributed by atoms with Crippen LogP contribution >= 0.6 is 0 Å². The molecule has 0 unspecified atom stereocenters. The van der Waals surface area contributed by atoms with Crippen molar-refractivity contribution in [2.24, 2.45) is 0 Å². The zero-order valence-corrected chi connectivity index (χ0v) is 23.3. The van der Waals surface area contributed by atoms with Crippen LogP contribution in [0.3, 0.4) is 0 Å². The molecule has 6 heterocycles. The number of hydrogen-bond acceptors (Lipinski definition) is 9. The zero-order valence-electron chi connectivity index (χ0n) is 23.3. The Morgan fingerprint density at radius 1 is 1.08 bits per heavy atom. The lowest BCUT2D eigenvalue weighted by atomic mass is 9.84. The van der Waals surface area contributed by atoms with Gasteiger partial charge in [0.15, 0.2) is 17.7 Å². The number of piperidine rings is 1. The molecule has 0 bridgehead atoms. The van der Waals surface area contributed by atoms with Crippen molar-refractivity contribution < 1.29 is 28.5 Å². The lowest BCUT2D eigenvalue weighted by Crippen LogP contribution is -2.58. The molecule has 1 spiro atoms. The fourth-order valence-electron chi connectivity index (χ4n) is 6.61. The first-order chi connectivity index (χ1) is 18.4. The number of likely N-dealkylation sites (tertiary alicyclic amines) is 2. The summed E-state index contributed by atoms with van der Waals surface area (Å²) < 4.78 is 26.3. The van der Waals surface area contributed by atoms with E-state index in [0.717, 1.165) is 18.5 Å². The van der Waals surface area contributed by atoms with Gasteiger partial charge in [-0.25, -0.2) is 14.3 Å². The van der Waals surface area contributed by atoms with Gasteiger partial charge < -0.3 is 34.5 Å². The SMILES string of the molecule is CC(C)(C)OC(=O)N1CCC2(CCCN2C(=O)[C@H]2O[C@@H](c3ccc4c(N)ncnn34)[C@@H]3OC(C)(C)O[C@@H]32)CC1. The van der Waals surface area contributed by atoms with Gasteiger partial charge >= 0.3 is 6.09 Å². The molecule has 39 heavy (non-hydrogen) atoms. The lowest BCUT2D eigenvalue weighted by molar-refractivity contribution is -0.194. The average Bonchev–Trinajstić information content (AvgIpc) is 3.60. The fraction of sp³-hybridized carbons (Fsp3) is 0.704. The monoisotopic (exact) mass is 542 g/mol. The van der Waals surface area contributed by atoms with E-state index < -0.39 is 35.8 Å². The summed E-state index contributed by atoms with van der Waals surface area (Å²) in [6.07, 6.45) is 1.83. The Labute approximate surface area is 227 Å². The highest BCUT2D eigenvalue weighted by Crippen LogP contribution is 2.48. The number of hydrogen-bond donors (Lipinski definition) is 1. The minimum absolute atomic E-state index is 0.0907. The van der Waals surface area contributed by atoms with Crippen LogP contribution in [-0.4, -0.2) is 91.3 Å². The van der Waals surface area contributed by atoms with E-state index in [-0.39, 0.29) is 17.5 Å². The second-order valence-corrected chi connectivity index (χ2v) is 12.5. The Kier molecular flexibility index (Phi) is 6.09. The Balaban J connectivity index is 1.23. The molecule has 12 nitrogen and oxygen atoms in total. The summed E-state index contributed by atoms with van der Waals surface area (Å²) in [4.78, 5) is 34.7. The van der Waals surface area contributed by atoms with Crippen LogP contribution in [0.5, 0.6) is 0 Å². The molecule has 4 saturated heterocycles. The maximum Gasteiger partial charge on any atom is 0.410 e. The molecule has 2 aromatic rings. The summed E-state index contributed by atoms with van der Waals surface area (Å²) in [6, 6.07) is 3.72. The smallest absolute Gasteiger partial charge is 0.410 e. The van der Waals surface area contributed by atoms with Gasteiger partial charge in [-0.1, -0.05) is 0 Å². The van der Waals surface area contributed by atoms with Crippen molar-refractivity contribution in [1.82, 2.24) is 24.4 Å². The molecule has 12 heteroatoms. The Bertz CT molecular complexity index is 1280. The van der Waals surface area contributed by atoms with E-state index in [1.165, 1.54) is 6.33 Å². The molecule has 212 valence electrons. The molecule has 0 aromatic carbocycles. The second-order valence-electron chi connectivity index (χ2n) is 12.5. The van der Waals surface area contributed by atoms with Crippen molar-refractivity contribution in [3.8, 4) is 0 Å². The number of amides is 2. The molecule has 2 aromatic heterocycles. The molecule has 4 atom stereocenters. The standard InChI is InChI=1S/C27H38N6O6/c1-25(2,3)39-24(35)31-13-10-27(11-14-31)9-6-12-32(27)23(34)21-20-19(37-26(4,5)38-20)18(36-21)16-7-8-17-22(28)29-15-30-33(16)17/h7-8,15,18-21H,6,9-14H2,1-5H3,(H2,28,29,30)/t18-,19-,20-,21-/m0/s1. The Hall–Kier alpha value is -2.96. The highest BCUT2D eigenvalue weighted by atomic mass is 16.8. The summed E-state index contributed by atoms with van der Waals surface area (Å²) in [5, 5.41) is 4.37. The predicted molar refractivity (Wildman–Crippen MR) is 140 cm³/mol.